The molecule has 0 radical (unpaired) electrons. The molecule has 0 aromatic heterocycles. The zero-order valence-electron chi connectivity index (χ0n) is 19.8. The monoisotopic (exact) mass is 479 g/mol. The van der Waals surface area contributed by atoms with Crippen LogP contribution in [0.3, 0.4) is 0 Å². The Labute approximate surface area is 198 Å². The van der Waals surface area contributed by atoms with E-state index in [1.807, 2.05) is 25.7 Å². The van der Waals surface area contributed by atoms with Crippen LogP contribution < -0.4 is 15.5 Å². The summed E-state index contributed by atoms with van der Waals surface area (Å²) in [6, 6.07) is 5.28. The molecule has 2 aliphatic rings. The standard InChI is InChI=1S/C24H32F3N5O2/c1-4-29-22(33)20-14-32(18-6-5-17(12-28)21(11-18)24(25,26)27)13-19(20)16-7-9-31(10-8-16)23(34)30-15(2)3/h5-6,11,15-16,19-20H,4,7-10,13-14H2,1-3H3,(H,29,33)(H,30,34)/t19-,20+/m0/s1. The maximum atomic E-state index is 13.5. The van der Waals surface area contributed by atoms with E-state index in [0.29, 0.717) is 38.4 Å². The van der Waals surface area contributed by atoms with E-state index in [4.69, 9.17) is 5.26 Å². The zero-order valence-corrected chi connectivity index (χ0v) is 19.8. The van der Waals surface area contributed by atoms with Crippen molar-refractivity contribution in [3.05, 3.63) is 29.3 Å². The smallest absolute Gasteiger partial charge is 0.370 e. The number of nitrogens with one attached hydrogen (secondary N) is 2. The van der Waals surface area contributed by atoms with Crippen LogP contribution in [-0.4, -0.2) is 55.6 Å². The number of urea groups is 1. The number of benzene rings is 1. The zero-order chi connectivity index (χ0) is 25.0. The van der Waals surface area contributed by atoms with E-state index in [1.54, 1.807) is 11.0 Å². The van der Waals surface area contributed by atoms with Crippen molar-refractivity contribution in [3.63, 3.8) is 0 Å². The second-order valence-electron chi connectivity index (χ2n) is 9.34. The Hall–Kier alpha value is -2.96. The van der Waals surface area contributed by atoms with Crippen LogP contribution >= 0.6 is 0 Å². The van der Waals surface area contributed by atoms with E-state index < -0.39 is 17.3 Å². The summed E-state index contributed by atoms with van der Waals surface area (Å²) in [7, 11) is 0. The summed E-state index contributed by atoms with van der Waals surface area (Å²) in [5.74, 6) is -0.307. The van der Waals surface area contributed by atoms with Crippen LogP contribution in [0, 0.1) is 29.1 Å². The molecule has 1 aromatic carbocycles. The molecular formula is C24H32F3N5O2. The Morgan fingerprint density at radius 3 is 2.44 bits per heavy atom. The van der Waals surface area contributed by atoms with Gasteiger partial charge in [-0.05, 0) is 63.6 Å². The van der Waals surface area contributed by atoms with Crippen molar-refractivity contribution >= 4 is 17.6 Å². The van der Waals surface area contributed by atoms with Crippen LogP contribution in [0.2, 0.25) is 0 Å². The lowest BCUT2D eigenvalue weighted by atomic mass is 9.78. The van der Waals surface area contributed by atoms with E-state index in [1.165, 1.54) is 12.1 Å². The number of likely N-dealkylation sites (tertiary alicyclic amines) is 1. The van der Waals surface area contributed by atoms with Crippen molar-refractivity contribution in [1.82, 2.24) is 15.5 Å². The molecule has 2 aliphatic heterocycles. The molecule has 10 heteroatoms. The molecule has 3 rings (SSSR count). The third-order valence-corrected chi connectivity index (χ3v) is 6.69. The number of halogens is 3. The fourth-order valence-corrected chi connectivity index (χ4v) is 5.03. The molecule has 0 spiro atoms. The van der Waals surface area contributed by atoms with Gasteiger partial charge in [0.15, 0.2) is 0 Å². The van der Waals surface area contributed by atoms with E-state index >= 15 is 0 Å². The number of amides is 3. The highest BCUT2D eigenvalue weighted by molar-refractivity contribution is 5.80. The minimum atomic E-state index is -4.64. The molecule has 186 valence electrons. The maximum Gasteiger partial charge on any atom is 0.417 e. The Morgan fingerprint density at radius 1 is 1.21 bits per heavy atom. The first kappa shape index (κ1) is 25.7. The van der Waals surface area contributed by atoms with Gasteiger partial charge in [0.2, 0.25) is 5.91 Å². The summed E-state index contributed by atoms with van der Waals surface area (Å²) in [5, 5.41) is 14.8. The molecule has 2 N–H and O–H groups in total. The highest BCUT2D eigenvalue weighted by atomic mass is 19.4. The summed E-state index contributed by atoms with van der Waals surface area (Å²) in [6.07, 6.45) is -3.16. The lowest BCUT2D eigenvalue weighted by Gasteiger charge is -2.36. The Bertz CT molecular complexity index is 936. The number of carbonyl (C=O) groups is 2. The Morgan fingerprint density at radius 2 is 1.88 bits per heavy atom. The van der Waals surface area contributed by atoms with Gasteiger partial charge in [0.25, 0.3) is 0 Å². The molecule has 34 heavy (non-hydrogen) atoms. The molecule has 2 saturated heterocycles. The van der Waals surface area contributed by atoms with Crippen LogP contribution in [0.4, 0.5) is 23.7 Å². The topological polar surface area (TPSA) is 88.5 Å². The van der Waals surface area contributed by atoms with Crippen LogP contribution in [0.5, 0.6) is 0 Å². The third-order valence-electron chi connectivity index (χ3n) is 6.69. The quantitative estimate of drug-likeness (QED) is 0.676. The molecule has 7 nitrogen and oxygen atoms in total. The minimum Gasteiger partial charge on any atom is -0.370 e. The maximum absolute atomic E-state index is 13.5. The molecule has 0 bridgehead atoms. The number of carbonyl (C=O) groups excluding carboxylic acids is 2. The van der Waals surface area contributed by atoms with E-state index in [0.717, 1.165) is 18.9 Å². The number of rotatable bonds is 5. The first-order valence-corrected chi connectivity index (χ1v) is 11.7. The predicted octanol–water partition coefficient (Wildman–Crippen LogP) is 3.60. The summed E-state index contributed by atoms with van der Waals surface area (Å²) >= 11 is 0. The van der Waals surface area contributed by atoms with Gasteiger partial charge >= 0.3 is 12.2 Å². The SMILES string of the molecule is CCNC(=O)[C@@H]1CN(c2ccc(C#N)c(C(F)(F)F)c2)C[C@H]1C1CCN(C(=O)NC(C)C)CC1. The second-order valence-corrected chi connectivity index (χ2v) is 9.34. The lowest BCUT2D eigenvalue weighted by Crippen LogP contribution is -2.48. The van der Waals surface area contributed by atoms with Crippen molar-refractivity contribution in [2.24, 2.45) is 17.8 Å². The van der Waals surface area contributed by atoms with Crippen molar-refractivity contribution in [3.8, 4) is 6.07 Å². The van der Waals surface area contributed by atoms with Gasteiger partial charge in [0.1, 0.15) is 0 Å². The largest absolute Gasteiger partial charge is 0.417 e. The Balaban J connectivity index is 1.79. The number of nitrogens with zero attached hydrogens (tertiary/aromatic N) is 3. The van der Waals surface area contributed by atoms with Crippen LogP contribution in [-0.2, 0) is 11.0 Å². The predicted molar refractivity (Wildman–Crippen MR) is 122 cm³/mol. The van der Waals surface area contributed by atoms with Crippen LogP contribution in [0.25, 0.3) is 0 Å². The average molecular weight is 480 g/mol. The number of anilines is 1. The number of piperidine rings is 1. The number of hydrogen-bond acceptors (Lipinski definition) is 4. The van der Waals surface area contributed by atoms with Gasteiger partial charge in [-0.3, -0.25) is 4.79 Å². The van der Waals surface area contributed by atoms with Gasteiger partial charge in [0, 0.05) is 44.5 Å². The highest BCUT2D eigenvalue weighted by Crippen LogP contribution is 2.40. The number of nitriles is 1. The van der Waals surface area contributed by atoms with Gasteiger partial charge in [-0.25, -0.2) is 4.79 Å². The van der Waals surface area contributed by atoms with Gasteiger partial charge in [-0.15, -0.1) is 0 Å². The minimum absolute atomic E-state index is 0.0353. The summed E-state index contributed by atoms with van der Waals surface area (Å²) < 4.78 is 40.5. The molecule has 2 fully saturated rings. The van der Waals surface area contributed by atoms with E-state index in [-0.39, 0.29) is 35.7 Å². The molecule has 1 aromatic rings. The molecule has 0 unspecified atom stereocenters. The van der Waals surface area contributed by atoms with Gasteiger partial charge in [0.05, 0.1) is 23.1 Å². The number of alkyl halides is 3. The lowest BCUT2D eigenvalue weighted by molar-refractivity contribution is -0.137. The fraction of sp³-hybridized carbons (Fsp3) is 0.625. The molecule has 0 aliphatic carbocycles. The normalized spacial score (nSPS) is 21.5. The Kier molecular flexibility index (Phi) is 7.95. The van der Waals surface area contributed by atoms with Gasteiger partial charge in [-0.1, -0.05) is 0 Å². The summed E-state index contributed by atoms with van der Waals surface area (Å²) in [4.78, 5) is 28.8. The summed E-state index contributed by atoms with van der Waals surface area (Å²) in [6.45, 7) is 8.05. The van der Waals surface area contributed by atoms with Crippen molar-refractivity contribution in [2.45, 2.75) is 45.8 Å². The van der Waals surface area contributed by atoms with Crippen molar-refractivity contribution in [1.29, 1.82) is 5.26 Å². The second kappa shape index (κ2) is 10.5. The van der Waals surface area contributed by atoms with Crippen LogP contribution in [0.15, 0.2) is 18.2 Å². The van der Waals surface area contributed by atoms with Crippen molar-refractivity contribution in [2.75, 3.05) is 37.6 Å². The molecular weight excluding hydrogens is 447 g/mol. The van der Waals surface area contributed by atoms with Gasteiger partial charge in [-0.2, -0.15) is 18.4 Å². The van der Waals surface area contributed by atoms with Crippen LogP contribution in [0.1, 0.15) is 44.7 Å². The molecule has 2 atom stereocenters. The summed E-state index contributed by atoms with van der Waals surface area (Å²) in [5.41, 5.74) is -1.02. The van der Waals surface area contributed by atoms with E-state index in [9.17, 15) is 22.8 Å². The first-order valence-electron chi connectivity index (χ1n) is 11.7. The number of hydrogen-bond donors (Lipinski definition) is 2. The van der Waals surface area contributed by atoms with Crippen molar-refractivity contribution < 1.29 is 22.8 Å². The molecule has 0 saturated carbocycles. The fourth-order valence-electron chi connectivity index (χ4n) is 5.03. The third kappa shape index (κ3) is 5.75. The van der Waals surface area contributed by atoms with Gasteiger partial charge < -0.3 is 20.4 Å². The average Bonchev–Trinajstić information content (AvgIpc) is 3.23. The highest BCUT2D eigenvalue weighted by Gasteiger charge is 2.43. The molecule has 2 heterocycles. The first-order chi connectivity index (χ1) is 16.0. The molecule has 3 amide bonds. The van der Waals surface area contributed by atoms with E-state index in [2.05, 4.69) is 10.6 Å².